The molecule has 1 saturated heterocycles. The lowest BCUT2D eigenvalue weighted by Crippen LogP contribution is -2.21. The van der Waals surface area contributed by atoms with Crippen LogP contribution in [0.3, 0.4) is 0 Å². The SMILES string of the molecule is Oc1c(CCN2CCCC2)ccc2ccccc12.[B].c1ccc2c(c1)ccc1c3c(ccc12)CCCC3. The first-order valence-electron chi connectivity index (χ1n) is 13.6. The van der Waals surface area contributed by atoms with E-state index in [0.29, 0.717) is 5.75 Å². The minimum atomic E-state index is 0. The number of hydrogen-bond donors (Lipinski definition) is 1. The van der Waals surface area contributed by atoms with Crippen LogP contribution in [0.4, 0.5) is 0 Å². The van der Waals surface area contributed by atoms with E-state index in [4.69, 9.17) is 0 Å². The normalized spacial score (nSPS) is 15.2. The van der Waals surface area contributed by atoms with Crippen molar-refractivity contribution >= 4 is 40.7 Å². The zero-order valence-corrected chi connectivity index (χ0v) is 21.6. The molecule has 3 heteroatoms. The predicted octanol–water partition coefficient (Wildman–Crippen LogP) is 7.67. The van der Waals surface area contributed by atoms with Crippen LogP contribution >= 0.6 is 0 Å². The molecular formula is C34H35BNO. The summed E-state index contributed by atoms with van der Waals surface area (Å²) in [5, 5.41) is 18.0. The molecule has 2 nitrogen and oxygen atoms in total. The van der Waals surface area contributed by atoms with Crippen molar-refractivity contribution < 1.29 is 5.11 Å². The summed E-state index contributed by atoms with van der Waals surface area (Å²) in [6, 6.07) is 30.2. The molecule has 0 amide bonds. The average molecular weight is 484 g/mol. The number of benzene rings is 5. The van der Waals surface area contributed by atoms with Crippen LogP contribution in [-0.4, -0.2) is 38.1 Å². The third-order valence-corrected chi connectivity index (χ3v) is 8.14. The van der Waals surface area contributed by atoms with Crippen molar-refractivity contribution in [3.63, 3.8) is 0 Å². The maximum Gasteiger partial charge on any atom is 0.126 e. The second-order valence-corrected chi connectivity index (χ2v) is 10.4. The fraction of sp³-hybridized carbons (Fsp3) is 0.294. The summed E-state index contributed by atoms with van der Waals surface area (Å²) in [5.41, 5.74) is 4.24. The van der Waals surface area contributed by atoms with Gasteiger partial charge >= 0.3 is 0 Å². The van der Waals surface area contributed by atoms with E-state index in [2.05, 4.69) is 65.6 Å². The van der Waals surface area contributed by atoms with Crippen molar-refractivity contribution in [2.75, 3.05) is 19.6 Å². The minimum Gasteiger partial charge on any atom is -0.507 e. The molecule has 1 fully saturated rings. The first-order valence-corrected chi connectivity index (χ1v) is 13.6. The molecule has 2 aliphatic rings. The summed E-state index contributed by atoms with van der Waals surface area (Å²) >= 11 is 0. The van der Waals surface area contributed by atoms with E-state index in [9.17, 15) is 5.11 Å². The van der Waals surface area contributed by atoms with E-state index >= 15 is 0 Å². The third-order valence-electron chi connectivity index (χ3n) is 8.14. The number of hydrogen-bond acceptors (Lipinski definition) is 2. The Morgan fingerprint density at radius 2 is 1.24 bits per heavy atom. The summed E-state index contributed by atoms with van der Waals surface area (Å²) in [4.78, 5) is 2.48. The summed E-state index contributed by atoms with van der Waals surface area (Å²) < 4.78 is 0. The molecule has 0 aromatic heterocycles. The van der Waals surface area contributed by atoms with Crippen LogP contribution in [0, 0.1) is 0 Å². The van der Waals surface area contributed by atoms with Gasteiger partial charge in [0.25, 0.3) is 0 Å². The first-order chi connectivity index (χ1) is 17.8. The van der Waals surface area contributed by atoms with Crippen LogP contribution in [0.5, 0.6) is 5.75 Å². The minimum absolute atomic E-state index is 0. The molecule has 7 rings (SSSR count). The van der Waals surface area contributed by atoms with Gasteiger partial charge in [0.2, 0.25) is 0 Å². The zero-order chi connectivity index (χ0) is 24.3. The second kappa shape index (κ2) is 11.4. The highest BCUT2D eigenvalue weighted by Crippen LogP contribution is 2.33. The van der Waals surface area contributed by atoms with Gasteiger partial charge in [-0.05, 0) is 102 Å². The number of likely N-dealkylation sites (tertiary alicyclic amines) is 1. The number of aryl methyl sites for hydroxylation is 2. The summed E-state index contributed by atoms with van der Waals surface area (Å²) in [7, 11) is 0. The van der Waals surface area contributed by atoms with E-state index in [0.717, 1.165) is 29.3 Å². The van der Waals surface area contributed by atoms with Crippen LogP contribution in [0.15, 0.2) is 84.9 Å². The molecular weight excluding hydrogens is 449 g/mol. The van der Waals surface area contributed by atoms with Gasteiger partial charge < -0.3 is 10.0 Å². The van der Waals surface area contributed by atoms with Crippen LogP contribution in [0.2, 0.25) is 0 Å². The molecule has 5 aromatic rings. The van der Waals surface area contributed by atoms with Gasteiger partial charge in [0.15, 0.2) is 0 Å². The largest absolute Gasteiger partial charge is 0.507 e. The molecule has 1 aliphatic carbocycles. The van der Waals surface area contributed by atoms with Gasteiger partial charge in [-0.3, -0.25) is 0 Å². The van der Waals surface area contributed by atoms with Crippen molar-refractivity contribution in [3.8, 4) is 5.75 Å². The van der Waals surface area contributed by atoms with Crippen LogP contribution < -0.4 is 0 Å². The van der Waals surface area contributed by atoms with E-state index in [1.807, 2.05) is 24.3 Å². The molecule has 0 atom stereocenters. The lowest BCUT2D eigenvalue weighted by molar-refractivity contribution is 0.341. The maximum absolute atomic E-state index is 10.3. The molecule has 0 saturated carbocycles. The summed E-state index contributed by atoms with van der Waals surface area (Å²) in [6.45, 7) is 3.49. The maximum atomic E-state index is 10.3. The standard InChI is InChI=1S/C18H16.C16H19NO.B/c1-3-7-15-13(5-1)9-11-18-16-8-4-2-6-14(16)10-12-17(15)18;18-16-14(9-12-17-10-3-4-11-17)8-7-13-5-1-2-6-15(13)16;/h1,3,5,7,9-12H,2,4,6,8H2;1-2,5-8,18H,3-4,9-12H2;. The lowest BCUT2D eigenvalue weighted by atomic mass is 9.86. The molecule has 0 bridgehead atoms. The summed E-state index contributed by atoms with van der Waals surface area (Å²) in [5.74, 6) is 0.465. The molecule has 1 N–H and O–H groups in total. The van der Waals surface area contributed by atoms with E-state index in [-0.39, 0.29) is 8.41 Å². The smallest absolute Gasteiger partial charge is 0.126 e. The number of phenols is 1. The Bertz CT molecular complexity index is 1520. The lowest BCUT2D eigenvalue weighted by Gasteiger charge is -2.18. The Balaban J connectivity index is 0.000000147. The Labute approximate surface area is 222 Å². The number of aromatic hydroxyl groups is 1. The van der Waals surface area contributed by atoms with Crippen molar-refractivity contribution in [2.45, 2.75) is 44.9 Å². The molecule has 0 spiro atoms. The van der Waals surface area contributed by atoms with Gasteiger partial charge in [-0.2, -0.15) is 0 Å². The predicted molar refractivity (Wildman–Crippen MR) is 159 cm³/mol. The topological polar surface area (TPSA) is 23.5 Å². The van der Waals surface area contributed by atoms with Gasteiger partial charge in [-0.1, -0.05) is 84.9 Å². The number of nitrogens with zero attached hydrogens (tertiary/aromatic N) is 1. The molecule has 1 aliphatic heterocycles. The quantitative estimate of drug-likeness (QED) is 0.210. The Kier molecular flexibility index (Phi) is 7.81. The fourth-order valence-electron chi connectivity index (χ4n) is 6.13. The number of rotatable bonds is 3. The van der Waals surface area contributed by atoms with Gasteiger partial charge in [-0.15, -0.1) is 0 Å². The van der Waals surface area contributed by atoms with E-state index in [1.165, 1.54) is 73.2 Å². The highest BCUT2D eigenvalue weighted by atomic mass is 16.3. The molecule has 5 aromatic carbocycles. The second-order valence-electron chi connectivity index (χ2n) is 10.4. The van der Waals surface area contributed by atoms with Gasteiger partial charge in [-0.25, -0.2) is 0 Å². The van der Waals surface area contributed by atoms with E-state index in [1.54, 1.807) is 11.1 Å². The van der Waals surface area contributed by atoms with Gasteiger partial charge in [0.1, 0.15) is 5.75 Å². The van der Waals surface area contributed by atoms with Gasteiger partial charge in [0, 0.05) is 20.3 Å². The Hall–Kier alpha value is -3.30. The van der Waals surface area contributed by atoms with Crippen molar-refractivity contribution in [2.24, 2.45) is 0 Å². The molecule has 3 radical (unpaired) electrons. The van der Waals surface area contributed by atoms with Crippen molar-refractivity contribution in [1.29, 1.82) is 0 Å². The fourth-order valence-corrected chi connectivity index (χ4v) is 6.13. The van der Waals surface area contributed by atoms with Crippen molar-refractivity contribution in [1.82, 2.24) is 4.90 Å². The average Bonchev–Trinajstić information content (AvgIpc) is 3.47. The highest BCUT2D eigenvalue weighted by molar-refractivity contribution is 6.08. The molecule has 1 heterocycles. The van der Waals surface area contributed by atoms with Crippen LogP contribution in [0.1, 0.15) is 42.4 Å². The number of fused-ring (bicyclic) bond motifs is 6. The monoisotopic (exact) mass is 484 g/mol. The highest BCUT2D eigenvalue weighted by Gasteiger charge is 2.14. The van der Waals surface area contributed by atoms with E-state index < -0.39 is 0 Å². The Morgan fingerprint density at radius 1 is 0.595 bits per heavy atom. The third kappa shape index (κ3) is 5.24. The zero-order valence-electron chi connectivity index (χ0n) is 21.6. The van der Waals surface area contributed by atoms with Crippen LogP contribution in [0.25, 0.3) is 32.3 Å². The van der Waals surface area contributed by atoms with Crippen molar-refractivity contribution in [3.05, 3.63) is 102 Å². The molecule has 37 heavy (non-hydrogen) atoms. The number of phenolic OH excluding ortho intramolecular Hbond substituents is 1. The summed E-state index contributed by atoms with van der Waals surface area (Å²) in [6.07, 6.45) is 8.80. The van der Waals surface area contributed by atoms with Gasteiger partial charge in [0.05, 0.1) is 0 Å². The molecule has 185 valence electrons. The Morgan fingerprint density at radius 3 is 2.05 bits per heavy atom. The van der Waals surface area contributed by atoms with Crippen LogP contribution in [-0.2, 0) is 19.3 Å². The molecule has 0 unspecified atom stereocenters. The first kappa shape index (κ1) is 25.4.